The van der Waals surface area contributed by atoms with Gasteiger partial charge in [-0.1, -0.05) is 24.3 Å². The summed E-state index contributed by atoms with van der Waals surface area (Å²) in [5, 5.41) is 0. The first-order valence-electron chi connectivity index (χ1n) is 9.02. The molecule has 29 heavy (non-hydrogen) atoms. The van der Waals surface area contributed by atoms with E-state index < -0.39 is 24.4 Å². The third kappa shape index (κ3) is 4.90. The molecule has 0 bridgehead atoms. The molecule has 7 heteroatoms. The summed E-state index contributed by atoms with van der Waals surface area (Å²) in [4.78, 5) is 36.0. The van der Waals surface area contributed by atoms with Gasteiger partial charge in [-0.3, -0.25) is 20.4 Å². The van der Waals surface area contributed by atoms with E-state index in [9.17, 15) is 14.4 Å². The molecule has 2 N–H and O–H groups in total. The zero-order chi connectivity index (χ0) is 20.8. The average molecular weight is 391 g/mol. The minimum atomic E-state index is -0.643. The molecule has 2 aromatic carbocycles. The first-order valence-corrected chi connectivity index (χ1v) is 9.02. The second kappa shape index (κ2) is 8.88. The summed E-state index contributed by atoms with van der Waals surface area (Å²) in [6.07, 6.45) is 0. The molecular weight excluding hydrogens is 370 g/mol. The molecule has 0 unspecified atom stereocenters. The summed E-state index contributed by atoms with van der Waals surface area (Å²) >= 11 is 0. The van der Waals surface area contributed by atoms with Crippen LogP contribution in [0.1, 0.15) is 32.1 Å². The van der Waals surface area contributed by atoms with Crippen LogP contribution < -0.4 is 10.9 Å². The van der Waals surface area contributed by atoms with E-state index >= 15 is 0 Å². The number of carbonyl (C=O) groups excluding carboxylic acids is 3. The van der Waals surface area contributed by atoms with E-state index in [1.165, 1.54) is 0 Å². The lowest BCUT2D eigenvalue weighted by Crippen LogP contribution is -2.43. The highest BCUT2D eigenvalue weighted by atomic mass is 16.5. The predicted molar refractivity (Wildman–Crippen MR) is 108 cm³/mol. The van der Waals surface area contributed by atoms with Gasteiger partial charge in [0.05, 0.1) is 5.56 Å². The van der Waals surface area contributed by atoms with E-state index in [2.05, 4.69) is 10.9 Å². The fourth-order valence-corrected chi connectivity index (χ4v) is 2.89. The molecule has 0 aliphatic carbocycles. The SMILES string of the molecule is Cc1ccc(C)n1-c1cccc(C(=O)OCC(=O)NNC(=O)c2ccccc2)c1. The maximum atomic E-state index is 12.3. The van der Waals surface area contributed by atoms with Crippen molar-refractivity contribution < 1.29 is 19.1 Å². The highest BCUT2D eigenvalue weighted by molar-refractivity contribution is 5.96. The molecule has 0 radical (unpaired) electrons. The summed E-state index contributed by atoms with van der Waals surface area (Å²) in [6.45, 7) is 3.44. The largest absolute Gasteiger partial charge is 0.452 e. The van der Waals surface area contributed by atoms with Crippen LogP contribution in [0.4, 0.5) is 0 Å². The molecule has 3 aromatic rings. The Hall–Kier alpha value is -3.87. The van der Waals surface area contributed by atoms with Gasteiger partial charge in [-0.25, -0.2) is 4.79 Å². The number of nitrogens with one attached hydrogen (secondary N) is 2. The maximum absolute atomic E-state index is 12.3. The molecule has 0 saturated heterocycles. The Morgan fingerprint density at radius 2 is 1.48 bits per heavy atom. The van der Waals surface area contributed by atoms with Crippen molar-refractivity contribution >= 4 is 17.8 Å². The number of hydrazine groups is 1. The Morgan fingerprint density at radius 1 is 0.828 bits per heavy atom. The third-order valence-electron chi connectivity index (χ3n) is 4.30. The number of aryl methyl sites for hydroxylation is 2. The summed E-state index contributed by atoms with van der Waals surface area (Å²) in [5.74, 6) is -1.73. The van der Waals surface area contributed by atoms with Crippen LogP contribution in [0.2, 0.25) is 0 Å². The lowest BCUT2D eigenvalue weighted by Gasteiger charge is -2.11. The van der Waals surface area contributed by atoms with E-state index in [-0.39, 0.29) is 0 Å². The van der Waals surface area contributed by atoms with Crippen LogP contribution in [0.15, 0.2) is 66.7 Å². The van der Waals surface area contributed by atoms with Crippen LogP contribution in [0, 0.1) is 13.8 Å². The first-order chi connectivity index (χ1) is 14.0. The number of benzene rings is 2. The first kappa shape index (κ1) is 19.9. The Kier molecular flexibility index (Phi) is 6.09. The molecule has 0 atom stereocenters. The standard InChI is InChI=1S/C22H21N3O4/c1-15-11-12-16(2)25(15)19-10-6-9-18(13-19)22(28)29-14-20(26)23-24-21(27)17-7-4-3-5-8-17/h3-13H,14H2,1-2H3,(H,23,26)(H,24,27). The van der Waals surface area contributed by atoms with Gasteiger partial charge in [0.15, 0.2) is 6.61 Å². The number of hydrogen-bond donors (Lipinski definition) is 2. The van der Waals surface area contributed by atoms with Crippen LogP contribution in [0.25, 0.3) is 5.69 Å². The molecule has 7 nitrogen and oxygen atoms in total. The molecule has 1 aromatic heterocycles. The van der Waals surface area contributed by atoms with E-state index in [1.54, 1.807) is 48.5 Å². The monoisotopic (exact) mass is 391 g/mol. The minimum Gasteiger partial charge on any atom is -0.452 e. The Morgan fingerprint density at radius 3 is 2.17 bits per heavy atom. The molecule has 2 amide bonds. The number of hydrogen-bond acceptors (Lipinski definition) is 4. The molecule has 1 heterocycles. The van der Waals surface area contributed by atoms with Gasteiger partial charge in [0.1, 0.15) is 0 Å². The van der Waals surface area contributed by atoms with Crippen LogP contribution >= 0.6 is 0 Å². The summed E-state index contributed by atoms with van der Waals surface area (Å²) < 4.78 is 7.07. The number of aromatic nitrogens is 1. The highest BCUT2D eigenvalue weighted by Gasteiger charge is 2.13. The van der Waals surface area contributed by atoms with Gasteiger partial charge in [0.2, 0.25) is 0 Å². The van der Waals surface area contributed by atoms with Gasteiger partial charge in [-0.15, -0.1) is 0 Å². The number of esters is 1. The van der Waals surface area contributed by atoms with Crippen LogP contribution in [-0.2, 0) is 9.53 Å². The molecule has 0 fully saturated rings. The van der Waals surface area contributed by atoms with Gasteiger partial charge in [-0.2, -0.15) is 0 Å². The second-order valence-electron chi connectivity index (χ2n) is 6.45. The molecule has 0 aliphatic rings. The van der Waals surface area contributed by atoms with Gasteiger partial charge in [0.25, 0.3) is 11.8 Å². The van der Waals surface area contributed by atoms with Gasteiger partial charge < -0.3 is 9.30 Å². The topological polar surface area (TPSA) is 89.4 Å². The summed E-state index contributed by atoms with van der Waals surface area (Å²) in [5.41, 5.74) is 8.13. The number of amides is 2. The lowest BCUT2D eigenvalue weighted by atomic mass is 10.2. The van der Waals surface area contributed by atoms with E-state index in [1.807, 2.05) is 36.6 Å². The smallest absolute Gasteiger partial charge is 0.338 e. The number of nitrogens with zero attached hydrogens (tertiary/aromatic N) is 1. The molecule has 3 rings (SSSR count). The van der Waals surface area contributed by atoms with Crippen molar-refractivity contribution in [3.63, 3.8) is 0 Å². The van der Waals surface area contributed by atoms with Crippen molar-refractivity contribution in [1.82, 2.24) is 15.4 Å². The Labute approximate surface area is 168 Å². The predicted octanol–water partition coefficient (Wildman–Crippen LogP) is 2.71. The third-order valence-corrected chi connectivity index (χ3v) is 4.30. The average Bonchev–Trinajstić information content (AvgIpc) is 3.08. The Bertz CT molecular complexity index is 1020. The van der Waals surface area contributed by atoms with Gasteiger partial charge >= 0.3 is 5.97 Å². The quantitative estimate of drug-likeness (QED) is 0.517. The highest BCUT2D eigenvalue weighted by Crippen LogP contribution is 2.18. The number of ether oxygens (including phenoxy) is 1. The Balaban J connectivity index is 1.55. The maximum Gasteiger partial charge on any atom is 0.338 e. The summed E-state index contributed by atoms with van der Waals surface area (Å²) in [6, 6.07) is 19.4. The molecule has 0 aliphatic heterocycles. The summed E-state index contributed by atoms with van der Waals surface area (Å²) in [7, 11) is 0. The van der Waals surface area contributed by atoms with Crippen molar-refractivity contribution in [2.45, 2.75) is 13.8 Å². The van der Waals surface area contributed by atoms with Crippen LogP contribution in [0.3, 0.4) is 0 Å². The van der Waals surface area contributed by atoms with E-state index in [0.29, 0.717) is 11.1 Å². The minimum absolute atomic E-state index is 0.330. The van der Waals surface area contributed by atoms with Crippen molar-refractivity contribution in [3.8, 4) is 5.69 Å². The van der Waals surface area contributed by atoms with Crippen LogP contribution in [0.5, 0.6) is 0 Å². The molecule has 0 saturated carbocycles. The number of carbonyl (C=O) groups is 3. The van der Waals surface area contributed by atoms with E-state index in [0.717, 1.165) is 17.1 Å². The van der Waals surface area contributed by atoms with Gasteiger partial charge in [-0.05, 0) is 56.3 Å². The number of rotatable bonds is 5. The zero-order valence-corrected chi connectivity index (χ0v) is 16.1. The molecular formula is C22H21N3O4. The zero-order valence-electron chi connectivity index (χ0n) is 16.1. The fraction of sp³-hybridized carbons (Fsp3) is 0.136. The lowest BCUT2D eigenvalue weighted by molar-refractivity contribution is -0.125. The van der Waals surface area contributed by atoms with Crippen molar-refractivity contribution in [1.29, 1.82) is 0 Å². The molecule has 0 spiro atoms. The molecule has 148 valence electrons. The van der Waals surface area contributed by atoms with Gasteiger partial charge in [0, 0.05) is 22.6 Å². The normalized spacial score (nSPS) is 10.3. The van der Waals surface area contributed by atoms with Crippen molar-refractivity contribution in [2.75, 3.05) is 6.61 Å². The van der Waals surface area contributed by atoms with Crippen LogP contribution in [-0.4, -0.2) is 29.0 Å². The second-order valence-corrected chi connectivity index (χ2v) is 6.45. The fourth-order valence-electron chi connectivity index (χ4n) is 2.89. The van der Waals surface area contributed by atoms with Crippen molar-refractivity contribution in [3.05, 3.63) is 89.2 Å². The van der Waals surface area contributed by atoms with Crippen molar-refractivity contribution in [2.24, 2.45) is 0 Å². The van der Waals surface area contributed by atoms with E-state index in [4.69, 9.17) is 4.74 Å².